The first-order valence-corrected chi connectivity index (χ1v) is 12.6. The Kier molecular flexibility index (Phi) is 8.50. The summed E-state index contributed by atoms with van der Waals surface area (Å²) in [5.41, 5.74) is 4.20. The Morgan fingerprint density at radius 1 is 0.848 bits per heavy atom. The summed E-state index contributed by atoms with van der Waals surface area (Å²) in [7, 11) is -3.99. The molecule has 0 heterocycles. The summed E-state index contributed by atoms with van der Waals surface area (Å²) in [6.07, 6.45) is 0.535. The van der Waals surface area contributed by atoms with E-state index in [0.29, 0.717) is 12.2 Å². The van der Waals surface area contributed by atoms with Gasteiger partial charge in [0.1, 0.15) is 5.75 Å². The lowest BCUT2D eigenvalue weighted by atomic mass is 9.78. The predicted molar refractivity (Wildman–Crippen MR) is 131 cm³/mol. The molecular formula is C27H33O5P. The van der Waals surface area contributed by atoms with Crippen molar-refractivity contribution in [2.24, 2.45) is 0 Å². The summed E-state index contributed by atoms with van der Waals surface area (Å²) < 4.78 is 31.6. The largest absolute Gasteiger partial charge is 0.530 e. The lowest BCUT2D eigenvalue weighted by molar-refractivity contribution is 0.142. The molecule has 0 fully saturated rings. The van der Waals surface area contributed by atoms with E-state index in [2.05, 4.69) is 6.07 Å². The van der Waals surface area contributed by atoms with Crippen LogP contribution in [-0.2, 0) is 32.2 Å². The lowest BCUT2D eigenvalue weighted by Gasteiger charge is -2.30. The second-order valence-electron chi connectivity index (χ2n) is 8.87. The Balaban J connectivity index is 1.94. The van der Waals surface area contributed by atoms with E-state index < -0.39 is 13.2 Å². The molecule has 0 aliphatic rings. The van der Waals surface area contributed by atoms with Crippen LogP contribution in [0.1, 0.15) is 48.1 Å². The molecular weight excluding hydrogens is 435 g/mol. The van der Waals surface area contributed by atoms with Crippen LogP contribution in [0.5, 0.6) is 5.75 Å². The molecule has 33 heavy (non-hydrogen) atoms. The Labute approximate surface area is 197 Å². The zero-order valence-electron chi connectivity index (χ0n) is 19.8. The summed E-state index contributed by atoms with van der Waals surface area (Å²) in [5.74, 6) is 0.454. The highest BCUT2D eigenvalue weighted by Gasteiger charge is 2.34. The highest BCUT2D eigenvalue weighted by Crippen LogP contribution is 2.53. The van der Waals surface area contributed by atoms with E-state index in [1.807, 2.05) is 94.4 Å². The van der Waals surface area contributed by atoms with Crippen LogP contribution < -0.4 is 4.52 Å². The van der Waals surface area contributed by atoms with Crippen LogP contribution in [0.25, 0.3) is 0 Å². The van der Waals surface area contributed by atoms with E-state index in [0.717, 1.165) is 27.8 Å². The van der Waals surface area contributed by atoms with Gasteiger partial charge in [-0.25, -0.2) is 4.57 Å². The normalized spacial score (nSPS) is 12.0. The van der Waals surface area contributed by atoms with Crippen molar-refractivity contribution in [2.75, 3.05) is 6.61 Å². The molecule has 0 radical (unpaired) electrons. The molecule has 3 aromatic rings. The highest BCUT2D eigenvalue weighted by atomic mass is 31.2. The van der Waals surface area contributed by atoms with E-state index in [9.17, 15) is 9.67 Å². The fraction of sp³-hybridized carbons (Fsp3) is 0.333. The molecule has 1 N–H and O–H groups in total. The number of aryl methyl sites for hydroxylation is 2. The lowest BCUT2D eigenvalue weighted by Crippen LogP contribution is -2.22. The molecule has 3 rings (SSSR count). The zero-order valence-corrected chi connectivity index (χ0v) is 20.7. The molecule has 0 saturated heterocycles. The number of phosphoric ester groups is 1. The van der Waals surface area contributed by atoms with Crippen LogP contribution in [0.4, 0.5) is 0 Å². The van der Waals surface area contributed by atoms with Crippen LogP contribution in [0, 0.1) is 13.8 Å². The van der Waals surface area contributed by atoms with Crippen LogP contribution in [0.2, 0.25) is 0 Å². The van der Waals surface area contributed by atoms with Crippen molar-refractivity contribution in [3.8, 4) is 5.75 Å². The molecule has 0 amide bonds. The summed E-state index contributed by atoms with van der Waals surface area (Å²) in [4.78, 5) is 0. The smallest absolute Gasteiger partial charge is 0.404 e. The minimum absolute atomic E-state index is 0.0342. The van der Waals surface area contributed by atoms with Crippen molar-refractivity contribution in [2.45, 2.75) is 52.7 Å². The van der Waals surface area contributed by atoms with Gasteiger partial charge in [-0.15, -0.1) is 0 Å². The Hall–Kier alpha value is -2.43. The van der Waals surface area contributed by atoms with Crippen molar-refractivity contribution >= 4 is 7.82 Å². The maximum absolute atomic E-state index is 13.9. The molecule has 0 atom stereocenters. The summed E-state index contributed by atoms with van der Waals surface area (Å²) in [6.45, 7) is 8.24. The van der Waals surface area contributed by atoms with Crippen molar-refractivity contribution in [1.82, 2.24) is 0 Å². The maximum atomic E-state index is 13.9. The Bertz CT molecular complexity index is 1030. The first-order chi connectivity index (χ1) is 15.7. The minimum Gasteiger partial charge on any atom is -0.404 e. The van der Waals surface area contributed by atoms with E-state index in [1.165, 1.54) is 0 Å². The maximum Gasteiger partial charge on any atom is 0.530 e. The van der Waals surface area contributed by atoms with Gasteiger partial charge in [-0.2, -0.15) is 0 Å². The molecule has 3 aromatic carbocycles. The fourth-order valence-electron chi connectivity index (χ4n) is 3.94. The van der Waals surface area contributed by atoms with Crippen LogP contribution in [0.3, 0.4) is 0 Å². The third kappa shape index (κ3) is 7.02. The first-order valence-electron chi connectivity index (χ1n) is 11.1. The van der Waals surface area contributed by atoms with Gasteiger partial charge in [-0.3, -0.25) is 9.05 Å². The Morgan fingerprint density at radius 3 is 1.85 bits per heavy atom. The monoisotopic (exact) mass is 468 g/mol. The summed E-state index contributed by atoms with van der Waals surface area (Å²) in [5, 5.41) is 9.61. The summed E-state index contributed by atoms with van der Waals surface area (Å²) >= 11 is 0. The number of phosphoric acid groups is 1. The van der Waals surface area contributed by atoms with Gasteiger partial charge in [0.25, 0.3) is 0 Å². The molecule has 0 aromatic heterocycles. The van der Waals surface area contributed by atoms with E-state index in [4.69, 9.17) is 13.6 Å². The topological polar surface area (TPSA) is 65.0 Å². The van der Waals surface area contributed by atoms with E-state index >= 15 is 0 Å². The van der Waals surface area contributed by atoms with Crippen molar-refractivity contribution in [3.05, 3.63) is 101 Å². The third-order valence-electron chi connectivity index (χ3n) is 5.53. The molecule has 0 aliphatic carbocycles. The van der Waals surface area contributed by atoms with Gasteiger partial charge < -0.3 is 9.63 Å². The Morgan fingerprint density at radius 2 is 1.36 bits per heavy atom. The summed E-state index contributed by atoms with van der Waals surface area (Å²) in [6, 6.07) is 22.9. The van der Waals surface area contributed by atoms with Gasteiger partial charge in [-0.1, -0.05) is 80.6 Å². The average Bonchev–Trinajstić information content (AvgIpc) is 2.77. The highest BCUT2D eigenvalue weighted by molar-refractivity contribution is 7.48. The molecule has 0 unspecified atom stereocenters. The van der Waals surface area contributed by atoms with Gasteiger partial charge in [0.05, 0.1) is 13.2 Å². The van der Waals surface area contributed by atoms with E-state index in [-0.39, 0.29) is 19.8 Å². The second-order valence-corrected chi connectivity index (χ2v) is 10.5. The number of hydrogen-bond donors (Lipinski definition) is 1. The molecule has 0 spiro atoms. The SMILES string of the molecule is Cc1cc(C)c(C(C)(C)CCO)c(OP(=O)(OCc2ccccc2)OCc2ccccc2)c1. The minimum atomic E-state index is -3.99. The van der Waals surface area contributed by atoms with Crippen molar-refractivity contribution < 1.29 is 23.2 Å². The molecule has 6 heteroatoms. The molecule has 0 aliphatic heterocycles. The fourth-order valence-corrected chi connectivity index (χ4v) is 5.12. The van der Waals surface area contributed by atoms with Crippen molar-refractivity contribution in [3.63, 3.8) is 0 Å². The molecule has 0 bridgehead atoms. The van der Waals surface area contributed by atoms with Gasteiger partial charge in [0, 0.05) is 12.2 Å². The van der Waals surface area contributed by atoms with Crippen LogP contribution in [0.15, 0.2) is 72.8 Å². The average molecular weight is 469 g/mol. The van der Waals surface area contributed by atoms with Crippen LogP contribution >= 0.6 is 7.82 Å². The molecule has 0 saturated carbocycles. The number of rotatable bonds is 11. The number of aliphatic hydroxyl groups is 1. The van der Waals surface area contributed by atoms with Gasteiger partial charge in [0.2, 0.25) is 0 Å². The number of benzene rings is 3. The van der Waals surface area contributed by atoms with Gasteiger partial charge >= 0.3 is 7.82 Å². The molecule has 5 nitrogen and oxygen atoms in total. The second kappa shape index (κ2) is 11.1. The predicted octanol–water partition coefficient (Wildman–Crippen LogP) is 6.88. The number of aliphatic hydroxyl groups excluding tert-OH is 1. The zero-order chi connectivity index (χ0) is 23.9. The molecule has 176 valence electrons. The van der Waals surface area contributed by atoms with Gasteiger partial charge in [-0.05, 0) is 54.0 Å². The third-order valence-corrected chi connectivity index (χ3v) is 6.84. The number of hydrogen-bond acceptors (Lipinski definition) is 5. The van der Waals surface area contributed by atoms with Crippen molar-refractivity contribution in [1.29, 1.82) is 0 Å². The first kappa shape index (κ1) is 25.2. The van der Waals surface area contributed by atoms with E-state index in [1.54, 1.807) is 0 Å². The van der Waals surface area contributed by atoms with Gasteiger partial charge in [0.15, 0.2) is 0 Å². The standard InChI is InChI=1S/C27H33O5P/c1-21-17-22(2)26(27(3,4)15-16-28)25(18-21)32-33(29,30-19-23-11-7-5-8-12-23)31-20-24-13-9-6-10-14-24/h5-14,17-18,28H,15-16,19-20H2,1-4H3. The van der Waals surface area contributed by atoms with Crippen LogP contribution in [-0.4, -0.2) is 11.7 Å². The quantitative estimate of drug-likeness (QED) is 0.311.